The first-order valence-corrected chi connectivity index (χ1v) is 6.32. The summed E-state index contributed by atoms with van der Waals surface area (Å²) in [6.45, 7) is 6.72. The lowest BCUT2D eigenvalue weighted by molar-refractivity contribution is -0.132. The van der Waals surface area contributed by atoms with Crippen molar-refractivity contribution in [3.05, 3.63) is 29.6 Å². The topological polar surface area (TPSA) is 59.2 Å². The summed E-state index contributed by atoms with van der Waals surface area (Å²) >= 11 is 0. The molecule has 0 bridgehead atoms. The molecule has 0 aliphatic carbocycles. The number of pyridine rings is 1. The summed E-state index contributed by atoms with van der Waals surface area (Å²) in [6, 6.07) is 1.53. The minimum atomic E-state index is -0.405. The van der Waals surface area contributed by atoms with E-state index in [-0.39, 0.29) is 5.91 Å². The van der Waals surface area contributed by atoms with Crippen LogP contribution in [0.15, 0.2) is 18.5 Å². The molecule has 0 unspecified atom stereocenters. The molecule has 0 saturated carbocycles. The second-order valence-corrected chi connectivity index (χ2v) is 5.23. The Balaban J connectivity index is 2.63. The zero-order valence-electron chi connectivity index (χ0n) is 11.7. The Hall–Kier alpha value is -1.42. The number of aromatic nitrogens is 1. The Bertz CT molecular complexity index is 404. The quantitative estimate of drug-likeness (QED) is 0.864. The number of hydrogen-bond donors (Lipinski definition) is 1. The van der Waals surface area contributed by atoms with Gasteiger partial charge in [0.1, 0.15) is 0 Å². The molecule has 4 nitrogen and oxygen atoms in total. The van der Waals surface area contributed by atoms with Gasteiger partial charge < -0.3 is 10.6 Å². The van der Waals surface area contributed by atoms with Crippen LogP contribution in [0.25, 0.3) is 0 Å². The molecular weight excluding hydrogens is 226 g/mol. The molecule has 0 radical (unpaired) electrons. The highest BCUT2D eigenvalue weighted by atomic mass is 16.2. The number of nitrogens with zero attached hydrogens (tertiary/aromatic N) is 2. The third-order valence-corrected chi connectivity index (χ3v) is 2.96. The highest BCUT2D eigenvalue weighted by molar-refractivity contribution is 5.81. The first-order chi connectivity index (χ1) is 8.41. The van der Waals surface area contributed by atoms with Crippen LogP contribution in [0.2, 0.25) is 0 Å². The predicted octanol–water partition coefficient (Wildman–Crippen LogP) is 1.72. The number of aryl methyl sites for hydroxylation is 1. The first-order valence-electron chi connectivity index (χ1n) is 6.32. The Labute approximate surface area is 109 Å². The molecule has 0 saturated heterocycles. The van der Waals surface area contributed by atoms with Gasteiger partial charge in [0.05, 0.1) is 6.04 Å². The zero-order chi connectivity index (χ0) is 13.7. The van der Waals surface area contributed by atoms with Crippen molar-refractivity contribution in [2.24, 2.45) is 11.7 Å². The van der Waals surface area contributed by atoms with Gasteiger partial charge in [-0.25, -0.2) is 0 Å². The van der Waals surface area contributed by atoms with Crippen LogP contribution >= 0.6 is 0 Å². The molecule has 1 rings (SSSR count). The monoisotopic (exact) mass is 249 g/mol. The zero-order valence-corrected chi connectivity index (χ0v) is 11.7. The molecule has 18 heavy (non-hydrogen) atoms. The summed E-state index contributed by atoms with van der Waals surface area (Å²) in [5, 5.41) is 0. The average molecular weight is 249 g/mol. The number of rotatable bonds is 5. The largest absolute Gasteiger partial charge is 0.340 e. The fraction of sp³-hybridized carbons (Fsp3) is 0.571. The van der Waals surface area contributed by atoms with E-state index in [0.717, 1.165) is 17.5 Å². The van der Waals surface area contributed by atoms with Crippen molar-refractivity contribution < 1.29 is 4.79 Å². The fourth-order valence-electron chi connectivity index (χ4n) is 1.90. The van der Waals surface area contributed by atoms with Gasteiger partial charge in [0, 0.05) is 26.0 Å². The number of hydrogen-bond acceptors (Lipinski definition) is 3. The van der Waals surface area contributed by atoms with Crippen LogP contribution in [0.4, 0.5) is 0 Å². The normalized spacial score (nSPS) is 12.6. The smallest absolute Gasteiger partial charge is 0.239 e. The number of carbonyl (C=O) groups excluding carboxylic acids is 1. The van der Waals surface area contributed by atoms with Gasteiger partial charge in [0.25, 0.3) is 0 Å². The lowest BCUT2D eigenvalue weighted by Crippen LogP contribution is -2.42. The fourth-order valence-corrected chi connectivity index (χ4v) is 1.90. The van der Waals surface area contributed by atoms with Crippen molar-refractivity contribution in [1.29, 1.82) is 0 Å². The molecule has 1 aromatic heterocycles. The van der Waals surface area contributed by atoms with E-state index in [1.54, 1.807) is 18.1 Å². The van der Waals surface area contributed by atoms with E-state index in [4.69, 9.17) is 5.73 Å². The lowest BCUT2D eigenvalue weighted by atomic mass is 10.0. The number of likely N-dealkylation sites (N-methyl/N-ethyl adjacent to an activating group) is 1. The summed E-state index contributed by atoms with van der Waals surface area (Å²) in [4.78, 5) is 17.8. The summed E-state index contributed by atoms with van der Waals surface area (Å²) in [5.74, 6) is 0.430. The summed E-state index contributed by atoms with van der Waals surface area (Å²) in [5.41, 5.74) is 8.11. The van der Waals surface area contributed by atoms with Gasteiger partial charge in [-0.05, 0) is 36.5 Å². The number of amides is 1. The van der Waals surface area contributed by atoms with E-state index in [1.165, 1.54) is 0 Å². The predicted molar refractivity (Wildman–Crippen MR) is 72.9 cm³/mol. The van der Waals surface area contributed by atoms with Gasteiger partial charge in [-0.3, -0.25) is 9.78 Å². The van der Waals surface area contributed by atoms with Crippen molar-refractivity contribution in [3.63, 3.8) is 0 Å². The maximum atomic E-state index is 12.1. The van der Waals surface area contributed by atoms with Crippen LogP contribution in [0, 0.1) is 12.8 Å². The molecule has 100 valence electrons. The molecule has 1 aromatic rings. The third kappa shape index (κ3) is 4.11. The van der Waals surface area contributed by atoms with E-state index in [2.05, 4.69) is 18.8 Å². The average Bonchev–Trinajstić information content (AvgIpc) is 2.30. The molecule has 4 heteroatoms. The molecular formula is C14H23N3O. The Kier molecular flexibility index (Phi) is 5.28. The summed E-state index contributed by atoms with van der Waals surface area (Å²) in [7, 11) is 1.79. The maximum Gasteiger partial charge on any atom is 0.239 e. The Morgan fingerprint density at radius 2 is 2.17 bits per heavy atom. The van der Waals surface area contributed by atoms with E-state index >= 15 is 0 Å². The van der Waals surface area contributed by atoms with E-state index in [0.29, 0.717) is 12.5 Å². The van der Waals surface area contributed by atoms with Gasteiger partial charge in [-0.2, -0.15) is 0 Å². The van der Waals surface area contributed by atoms with Crippen molar-refractivity contribution in [2.75, 3.05) is 7.05 Å². The molecule has 1 amide bonds. The van der Waals surface area contributed by atoms with Gasteiger partial charge >= 0.3 is 0 Å². The van der Waals surface area contributed by atoms with E-state index in [9.17, 15) is 4.79 Å². The molecule has 1 atom stereocenters. The van der Waals surface area contributed by atoms with Crippen LogP contribution in [0.5, 0.6) is 0 Å². The van der Waals surface area contributed by atoms with Crippen LogP contribution in [-0.2, 0) is 11.3 Å². The highest BCUT2D eigenvalue weighted by Gasteiger charge is 2.19. The van der Waals surface area contributed by atoms with E-state index in [1.807, 2.05) is 19.2 Å². The lowest BCUT2D eigenvalue weighted by Gasteiger charge is -2.23. The van der Waals surface area contributed by atoms with Gasteiger partial charge in [-0.1, -0.05) is 13.8 Å². The molecule has 2 N–H and O–H groups in total. The second-order valence-electron chi connectivity index (χ2n) is 5.23. The summed E-state index contributed by atoms with van der Waals surface area (Å²) in [6.07, 6.45) is 4.27. The summed E-state index contributed by atoms with van der Waals surface area (Å²) < 4.78 is 0. The minimum Gasteiger partial charge on any atom is -0.340 e. The molecule has 0 fully saturated rings. The number of nitrogens with two attached hydrogens (primary N) is 1. The molecule has 0 aromatic carbocycles. The third-order valence-electron chi connectivity index (χ3n) is 2.96. The molecule has 0 spiro atoms. The van der Waals surface area contributed by atoms with Crippen molar-refractivity contribution in [2.45, 2.75) is 39.8 Å². The maximum absolute atomic E-state index is 12.1. The van der Waals surface area contributed by atoms with Crippen molar-refractivity contribution >= 4 is 5.91 Å². The highest BCUT2D eigenvalue weighted by Crippen LogP contribution is 2.10. The van der Waals surface area contributed by atoms with Crippen molar-refractivity contribution in [1.82, 2.24) is 9.88 Å². The standard InChI is InChI=1S/C14H23N3O/c1-10(2)7-13(15)14(18)17(4)9-12-5-6-16-8-11(12)3/h5-6,8,10,13H,7,9,15H2,1-4H3/t13-/m1/s1. The van der Waals surface area contributed by atoms with Crippen LogP contribution < -0.4 is 5.73 Å². The van der Waals surface area contributed by atoms with Gasteiger partial charge in [0.15, 0.2) is 0 Å². The molecule has 1 heterocycles. The van der Waals surface area contributed by atoms with Crippen molar-refractivity contribution in [3.8, 4) is 0 Å². The van der Waals surface area contributed by atoms with Crippen LogP contribution in [-0.4, -0.2) is 28.9 Å². The van der Waals surface area contributed by atoms with Gasteiger partial charge in [0.2, 0.25) is 5.91 Å². The first kappa shape index (κ1) is 14.6. The Morgan fingerprint density at radius 1 is 1.50 bits per heavy atom. The second kappa shape index (κ2) is 6.50. The molecule has 0 aliphatic rings. The SMILES string of the molecule is Cc1cnccc1CN(C)C(=O)[C@H](N)CC(C)C. The van der Waals surface area contributed by atoms with E-state index < -0.39 is 6.04 Å². The van der Waals surface area contributed by atoms with Gasteiger partial charge in [-0.15, -0.1) is 0 Å². The van der Waals surface area contributed by atoms with Crippen LogP contribution in [0.3, 0.4) is 0 Å². The van der Waals surface area contributed by atoms with Crippen LogP contribution in [0.1, 0.15) is 31.4 Å². The molecule has 0 aliphatic heterocycles. The minimum absolute atomic E-state index is 0.0000813. The Morgan fingerprint density at radius 3 is 2.72 bits per heavy atom. The number of carbonyl (C=O) groups is 1.